The van der Waals surface area contributed by atoms with Crippen LogP contribution >= 0.6 is 0 Å². The van der Waals surface area contributed by atoms with Gasteiger partial charge in [0.05, 0.1) is 11.5 Å². The number of rotatable bonds is 7. The lowest BCUT2D eigenvalue weighted by Gasteiger charge is -2.10. The molecular formula is C12H16O6S. The Hall–Kier alpha value is -1.60. The number of sulfone groups is 1. The van der Waals surface area contributed by atoms with Crippen LogP contribution in [-0.2, 0) is 14.6 Å². The second-order valence-electron chi connectivity index (χ2n) is 3.93. The molecule has 1 rings (SSSR count). The van der Waals surface area contributed by atoms with Crippen molar-refractivity contribution in [1.82, 2.24) is 0 Å². The average molecular weight is 288 g/mol. The highest BCUT2D eigenvalue weighted by atomic mass is 32.2. The molecule has 7 heteroatoms. The number of benzene rings is 1. The van der Waals surface area contributed by atoms with Crippen LogP contribution in [0.15, 0.2) is 23.1 Å². The molecule has 0 aliphatic heterocycles. The monoisotopic (exact) mass is 288 g/mol. The van der Waals surface area contributed by atoms with Gasteiger partial charge in [-0.1, -0.05) is 0 Å². The lowest BCUT2D eigenvalue weighted by atomic mass is 10.2. The molecule has 106 valence electrons. The van der Waals surface area contributed by atoms with Crippen LogP contribution in [0.25, 0.3) is 0 Å². The molecule has 0 saturated carbocycles. The zero-order valence-corrected chi connectivity index (χ0v) is 11.6. The molecule has 1 N–H and O–H groups in total. The van der Waals surface area contributed by atoms with E-state index in [0.717, 1.165) is 6.26 Å². The lowest BCUT2D eigenvalue weighted by Crippen LogP contribution is -2.08. The van der Waals surface area contributed by atoms with Gasteiger partial charge in [0.15, 0.2) is 9.84 Å². The van der Waals surface area contributed by atoms with Crippen LogP contribution in [0.3, 0.4) is 0 Å². The molecule has 0 radical (unpaired) electrons. The van der Waals surface area contributed by atoms with Crippen LogP contribution in [0, 0.1) is 0 Å². The van der Waals surface area contributed by atoms with Gasteiger partial charge in [-0.15, -0.1) is 0 Å². The summed E-state index contributed by atoms with van der Waals surface area (Å²) in [6, 6.07) is 3.71. The van der Waals surface area contributed by atoms with Gasteiger partial charge in [0.2, 0.25) is 0 Å². The Kier molecular flexibility index (Phi) is 5.31. The third kappa shape index (κ3) is 4.53. The third-order valence-corrected chi connectivity index (χ3v) is 3.47. The minimum atomic E-state index is -3.40. The molecule has 0 aliphatic rings. The molecular weight excluding hydrogens is 272 g/mol. The van der Waals surface area contributed by atoms with Crippen molar-refractivity contribution < 1.29 is 27.8 Å². The van der Waals surface area contributed by atoms with Crippen molar-refractivity contribution in [3.05, 3.63) is 23.8 Å². The van der Waals surface area contributed by atoms with Gasteiger partial charge in [-0.2, -0.15) is 0 Å². The molecule has 6 nitrogen and oxygen atoms in total. The summed E-state index contributed by atoms with van der Waals surface area (Å²) in [6.45, 7) is 0.732. The third-order valence-electron chi connectivity index (χ3n) is 2.36. The number of ether oxygens (including phenoxy) is 2. The Morgan fingerprint density at radius 1 is 1.32 bits per heavy atom. The fourth-order valence-electron chi connectivity index (χ4n) is 1.41. The van der Waals surface area contributed by atoms with Crippen LogP contribution in [-0.4, -0.2) is 46.1 Å². The van der Waals surface area contributed by atoms with Gasteiger partial charge in [0.1, 0.15) is 11.3 Å². The summed E-state index contributed by atoms with van der Waals surface area (Å²) in [6.07, 6.45) is 1.64. The highest BCUT2D eigenvalue weighted by Crippen LogP contribution is 2.23. The van der Waals surface area contributed by atoms with Crippen molar-refractivity contribution in [2.75, 3.05) is 26.6 Å². The predicted octanol–water partition coefficient (Wildman–Crippen LogP) is 1.20. The van der Waals surface area contributed by atoms with E-state index in [-0.39, 0.29) is 22.8 Å². The molecule has 0 unspecified atom stereocenters. The maximum absolute atomic E-state index is 11.4. The second kappa shape index (κ2) is 6.53. The fraction of sp³-hybridized carbons (Fsp3) is 0.417. The van der Waals surface area contributed by atoms with Gasteiger partial charge in [-0.3, -0.25) is 0 Å². The van der Waals surface area contributed by atoms with Crippen molar-refractivity contribution in [3.8, 4) is 5.75 Å². The highest BCUT2D eigenvalue weighted by molar-refractivity contribution is 7.90. The van der Waals surface area contributed by atoms with E-state index in [1.165, 1.54) is 18.2 Å². The van der Waals surface area contributed by atoms with Crippen molar-refractivity contribution in [3.63, 3.8) is 0 Å². The van der Waals surface area contributed by atoms with Gasteiger partial charge < -0.3 is 14.6 Å². The molecule has 0 spiro atoms. The van der Waals surface area contributed by atoms with Gasteiger partial charge in [-0.25, -0.2) is 13.2 Å². The van der Waals surface area contributed by atoms with Gasteiger partial charge in [-0.05, 0) is 18.2 Å². The molecule has 0 saturated heterocycles. The smallest absolute Gasteiger partial charge is 0.339 e. The Balaban J connectivity index is 2.99. The van der Waals surface area contributed by atoms with Crippen molar-refractivity contribution >= 4 is 15.8 Å². The summed E-state index contributed by atoms with van der Waals surface area (Å²) in [5.74, 6) is -1.12. The van der Waals surface area contributed by atoms with Gasteiger partial charge in [0, 0.05) is 26.4 Å². The molecule has 0 heterocycles. The standard InChI is InChI=1S/C12H16O6S/c1-17-6-3-7-18-11-8-9(19(2,15)16)4-5-10(11)12(13)14/h4-5,8H,3,6-7H2,1-2H3,(H,13,14). The summed E-state index contributed by atoms with van der Waals surface area (Å²) >= 11 is 0. The maximum atomic E-state index is 11.4. The number of carboxylic acid groups (broad SMARTS) is 1. The van der Waals surface area contributed by atoms with Crippen LogP contribution in [0.5, 0.6) is 5.75 Å². The van der Waals surface area contributed by atoms with Crippen molar-refractivity contribution in [1.29, 1.82) is 0 Å². The van der Waals surface area contributed by atoms with Crippen LogP contribution in [0.4, 0.5) is 0 Å². The molecule has 0 fully saturated rings. The largest absolute Gasteiger partial charge is 0.493 e. The summed E-state index contributed by atoms with van der Waals surface area (Å²) in [4.78, 5) is 11.0. The average Bonchev–Trinajstić information content (AvgIpc) is 2.33. The van der Waals surface area contributed by atoms with Crippen LogP contribution < -0.4 is 4.74 Å². The minimum absolute atomic E-state index is 0.0271. The number of methoxy groups -OCH3 is 1. The lowest BCUT2D eigenvalue weighted by molar-refractivity contribution is 0.0691. The molecule has 0 bridgehead atoms. The summed E-state index contributed by atoms with van der Waals surface area (Å²) < 4.78 is 33.0. The molecule has 19 heavy (non-hydrogen) atoms. The van der Waals surface area contributed by atoms with Gasteiger partial charge >= 0.3 is 5.97 Å². The van der Waals surface area contributed by atoms with Crippen molar-refractivity contribution in [2.45, 2.75) is 11.3 Å². The molecule has 0 atom stereocenters. The Bertz CT molecular complexity index is 549. The summed E-state index contributed by atoms with van der Waals surface area (Å²) in [5.41, 5.74) is -0.0650. The first-order valence-corrected chi connectivity index (χ1v) is 7.44. The zero-order valence-electron chi connectivity index (χ0n) is 10.8. The van der Waals surface area contributed by atoms with E-state index < -0.39 is 15.8 Å². The summed E-state index contributed by atoms with van der Waals surface area (Å²) in [5, 5.41) is 9.01. The molecule has 0 aliphatic carbocycles. The normalized spacial score (nSPS) is 11.3. The second-order valence-corrected chi connectivity index (χ2v) is 5.95. The first-order chi connectivity index (χ1) is 8.86. The van der Waals surface area contributed by atoms with E-state index in [2.05, 4.69) is 0 Å². The Morgan fingerprint density at radius 3 is 2.53 bits per heavy atom. The quantitative estimate of drug-likeness (QED) is 0.758. The zero-order chi connectivity index (χ0) is 14.5. The van der Waals surface area contributed by atoms with Crippen molar-refractivity contribution in [2.24, 2.45) is 0 Å². The van der Waals surface area contributed by atoms with E-state index in [4.69, 9.17) is 14.6 Å². The highest BCUT2D eigenvalue weighted by Gasteiger charge is 2.16. The first kappa shape index (κ1) is 15.5. The Morgan fingerprint density at radius 2 is 2.00 bits per heavy atom. The number of carboxylic acids is 1. The summed E-state index contributed by atoms with van der Waals surface area (Å²) in [7, 11) is -1.85. The Labute approximate surface area is 111 Å². The molecule has 1 aromatic rings. The van der Waals surface area contributed by atoms with E-state index in [0.29, 0.717) is 13.0 Å². The van der Waals surface area contributed by atoms with Gasteiger partial charge in [0.25, 0.3) is 0 Å². The fourth-order valence-corrected chi connectivity index (χ4v) is 2.05. The van der Waals surface area contributed by atoms with E-state index in [9.17, 15) is 13.2 Å². The SMILES string of the molecule is COCCCOc1cc(S(C)(=O)=O)ccc1C(=O)O. The molecule has 0 aromatic heterocycles. The van der Waals surface area contributed by atoms with E-state index in [1.807, 2.05) is 0 Å². The number of hydrogen-bond acceptors (Lipinski definition) is 5. The maximum Gasteiger partial charge on any atom is 0.339 e. The predicted molar refractivity (Wildman–Crippen MR) is 68.5 cm³/mol. The number of aromatic carboxylic acids is 1. The molecule has 0 amide bonds. The minimum Gasteiger partial charge on any atom is -0.493 e. The van der Waals surface area contributed by atoms with Crippen LogP contribution in [0.1, 0.15) is 16.8 Å². The number of hydrogen-bond donors (Lipinski definition) is 1. The topological polar surface area (TPSA) is 89.9 Å². The van der Waals surface area contributed by atoms with E-state index in [1.54, 1.807) is 7.11 Å². The molecule has 1 aromatic carbocycles. The first-order valence-electron chi connectivity index (χ1n) is 5.55. The number of carbonyl (C=O) groups is 1. The van der Waals surface area contributed by atoms with Crippen LogP contribution in [0.2, 0.25) is 0 Å². The van der Waals surface area contributed by atoms with E-state index >= 15 is 0 Å².